The smallest absolute Gasteiger partial charge is 0.409 e. The van der Waals surface area contributed by atoms with Gasteiger partial charge in [0.1, 0.15) is 11.1 Å². The molecular formula is C21H22N4O3S. The van der Waals surface area contributed by atoms with E-state index in [2.05, 4.69) is 16.4 Å². The highest BCUT2D eigenvalue weighted by molar-refractivity contribution is 7.16. The second-order valence-corrected chi connectivity index (χ2v) is 8.11. The molecule has 2 heterocycles. The third-order valence-corrected chi connectivity index (χ3v) is 5.80. The summed E-state index contributed by atoms with van der Waals surface area (Å²) in [5.41, 5.74) is 2.36. The molecule has 150 valence electrons. The minimum atomic E-state index is -0.354. The van der Waals surface area contributed by atoms with Gasteiger partial charge in [-0.3, -0.25) is 9.78 Å². The summed E-state index contributed by atoms with van der Waals surface area (Å²) >= 11 is 1.43. The summed E-state index contributed by atoms with van der Waals surface area (Å²) in [6.07, 6.45) is 8.40. The van der Waals surface area contributed by atoms with Gasteiger partial charge in [0.05, 0.1) is 12.2 Å². The van der Waals surface area contributed by atoms with Gasteiger partial charge in [-0.25, -0.2) is 4.79 Å². The first-order valence-electron chi connectivity index (χ1n) is 9.25. The van der Waals surface area contributed by atoms with Gasteiger partial charge >= 0.3 is 6.09 Å². The van der Waals surface area contributed by atoms with E-state index in [1.807, 2.05) is 6.07 Å². The quantitative estimate of drug-likeness (QED) is 0.762. The number of carbonyl (C=O) groups is 2. The lowest BCUT2D eigenvalue weighted by Gasteiger charge is -2.22. The predicted molar refractivity (Wildman–Crippen MR) is 111 cm³/mol. The van der Waals surface area contributed by atoms with E-state index in [-0.39, 0.29) is 17.9 Å². The lowest BCUT2D eigenvalue weighted by molar-refractivity contribution is -0.111. The summed E-state index contributed by atoms with van der Waals surface area (Å²) < 4.78 is 5.30. The van der Waals surface area contributed by atoms with Crippen molar-refractivity contribution in [1.29, 1.82) is 5.26 Å². The van der Waals surface area contributed by atoms with E-state index < -0.39 is 0 Å². The van der Waals surface area contributed by atoms with Crippen LogP contribution in [0.25, 0.3) is 6.08 Å². The molecule has 2 amide bonds. The molecule has 1 atom stereocenters. The average Bonchev–Trinajstić information content (AvgIpc) is 3.07. The first-order chi connectivity index (χ1) is 14.0. The highest BCUT2D eigenvalue weighted by atomic mass is 32.1. The number of ether oxygens (including phenoxy) is 1. The Hall–Kier alpha value is -3.18. The zero-order chi connectivity index (χ0) is 20.8. The van der Waals surface area contributed by atoms with Crippen molar-refractivity contribution < 1.29 is 14.3 Å². The van der Waals surface area contributed by atoms with E-state index >= 15 is 0 Å². The van der Waals surface area contributed by atoms with Crippen molar-refractivity contribution in [3.63, 3.8) is 0 Å². The number of rotatable bonds is 5. The number of nitriles is 1. The van der Waals surface area contributed by atoms with Crippen molar-refractivity contribution in [2.45, 2.75) is 19.3 Å². The van der Waals surface area contributed by atoms with Crippen LogP contribution in [-0.4, -0.2) is 42.6 Å². The maximum atomic E-state index is 12.3. The number of hydrogen-bond acceptors (Lipinski definition) is 6. The normalized spacial score (nSPS) is 15.4. The Morgan fingerprint density at radius 3 is 3.00 bits per heavy atom. The van der Waals surface area contributed by atoms with Crippen LogP contribution in [0, 0.1) is 17.2 Å². The Bertz CT molecular complexity index is 960. The van der Waals surface area contributed by atoms with Gasteiger partial charge in [-0.15, -0.1) is 11.3 Å². The van der Waals surface area contributed by atoms with Crippen LogP contribution in [0.4, 0.5) is 9.80 Å². The summed E-state index contributed by atoms with van der Waals surface area (Å²) in [5, 5.41) is 13.0. The molecule has 0 spiro atoms. The molecule has 0 fully saturated rings. The Kier molecular flexibility index (Phi) is 6.62. The number of pyridine rings is 1. The van der Waals surface area contributed by atoms with Crippen molar-refractivity contribution in [3.8, 4) is 6.07 Å². The maximum Gasteiger partial charge on any atom is 0.409 e. The van der Waals surface area contributed by atoms with E-state index in [0.29, 0.717) is 17.2 Å². The van der Waals surface area contributed by atoms with Gasteiger partial charge in [0, 0.05) is 37.4 Å². The molecule has 29 heavy (non-hydrogen) atoms. The van der Waals surface area contributed by atoms with Crippen LogP contribution < -0.4 is 5.32 Å². The fraction of sp³-hybridized carbons (Fsp3) is 0.333. The van der Waals surface area contributed by atoms with Crippen LogP contribution >= 0.6 is 11.3 Å². The molecule has 3 rings (SSSR count). The summed E-state index contributed by atoms with van der Waals surface area (Å²) in [6, 6.07) is 5.88. The van der Waals surface area contributed by atoms with Gasteiger partial charge in [0.15, 0.2) is 0 Å². The van der Waals surface area contributed by atoms with Crippen molar-refractivity contribution in [2.75, 3.05) is 26.0 Å². The largest absolute Gasteiger partial charge is 0.449 e. The number of thiophene rings is 1. The topological polar surface area (TPSA) is 95.3 Å². The van der Waals surface area contributed by atoms with E-state index in [4.69, 9.17) is 4.74 Å². The molecular weight excluding hydrogens is 388 g/mol. The molecule has 8 heteroatoms. The molecule has 0 bridgehead atoms. The first-order valence-corrected chi connectivity index (χ1v) is 10.1. The lowest BCUT2D eigenvalue weighted by Crippen LogP contribution is -2.27. The molecule has 0 radical (unpaired) electrons. The molecule has 1 unspecified atom stereocenters. The van der Waals surface area contributed by atoms with Crippen LogP contribution in [0.1, 0.15) is 28.0 Å². The molecule has 0 aromatic carbocycles. The maximum absolute atomic E-state index is 12.3. The van der Waals surface area contributed by atoms with Crippen LogP contribution in [0.5, 0.6) is 0 Å². The molecule has 7 nitrogen and oxygen atoms in total. The number of hydrogen-bond donors (Lipinski definition) is 1. The van der Waals surface area contributed by atoms with E-state index in [9.17, 15) is 14.9 Å². The Balaban J connectivity index is 1.66. The minimum Gasteiger partial charge on any atom is -0.449 e. The Morgan fingerprint density at radius 2 is 2.31 bits per heavy atom. The van der Waals surface area contributed by atoms with E-state index in [1.165, 1.54) is 22.3 Å². The van der Waals surface area contributed by atoms with Crippen molar-refractivity contribution in [2.24, 2.45) is 5.92 Å². The van der Waals surface area contributed by atoms with Crippen molar-refractivity contribution in [1.82, 2.24) is 9.88 Å². The van der Waals surface area contributed by atoms with Gasteiger partial charge in [0.2, 0.25) is 5.91 Å². The molecule has 2 aromatic heterocycles. The van der Waals surface area contributed by atoms with Gasteiger partial charge < -0.3 is 15.0 Å². The van der Waals surface area contributed by atoms with E-state index in [0.717, 1.165) is 35.3 Å². The number of fused-ring (bicyclic) bond motifs is 1. The fourth-order valence-corrected chi connectivity index (χ4v) is 4.44. The SMILES string of the molecule is CN(C)C(=O)OCC1CCc2c(sc(NC(=O)/C=C/c3cccnc3)c2C#N)C1. The average molecular weight is 410 g/mol. The van der Waals surface area contributed by atoms with Crippen LogP contribution in [-0.2, 0) is 22.4 Å². The third kappa shape index (κ3) is 5.21. The van der Waals surface area contributed by atoms with Gasteiger partial charge in [-0.2, -0.15) is 5.26 Å². The number of amides is 2. The second kappa shape index (κ2) is 9.34. The molecule has 2 aromatic rings. The highest BCUT2D eigenvalue weighted by Gasteiger charge is 2.27. The van der Waals surface area contributed by atoms with Crippen molar-refractivity contribution >= 4 is 34.4 Å². The number of aromatic nitrogens is 1. The van der Waals surface area contributed by atoms with Gasteiger partial charge in [-0.1, -0.05) is 6.07 Å². The van der Waals surface area contributed by atoms with Gasteiger partial charge in [-0.05, 0) is 48.4 Å². The molecule has 1 N–H and O–H groups in total. The number of carbonyl (C=O) groups excluding carboxylic acids is 2. The zero-order valence-electron chi connectivity index (χ0n) is 16.3. The third-order valence-electron chi connectivity index (χ3n) is 4.64. The summed E-state index contributed by atoms with van der Waals surface area (Å²) in [5.74, 6) is -0.0777. The standard InChI is InChI=1S/C21H22N4O3S/c1-25(2)21(27)28-13-15-5-7-16-17(11-22)20(29-18(16)10-15)24-19(26)8-6-14-4-3-9-23-12-14/h3-4,6,8-9,12,15H,5,7,10,13H2,1-2H3,(H,24,26)/b8-6+. The monoisotopic (exact) mass is 410 g/mol. The number of anilines is 1. The van der Waals surface area contributed by atoms with Gasteiger partial charge in [0.25, 0.3) is 0 Å². The zero-order valence-corrected chi connectivity index (χ0v) is 17.2. The predicted octanol–water partition coefficient (Wildman–Crippen LogP) is 3.47. The minimum absolute atomic E-state index is 0.214. The lowest BCUT2D eigenvalue weighted by atomic mass is 9.88. The van der Waals surface area contributed by atoms with Crippen molar-refractivity contribution in [3.05, 3.63) is 52.2 Å². The Morgan fingerprint density at radius 1 is 1.48 bits per heavy atom. The van der Waals surface area contributed by atoms with Crippen LogP contribution in [0.2, 0.25) is 0 Å². The molecule has 1 aliphatic carbocycles. The van der Waals surface area contributed by atoms with Crippen LogP contribution in [0.15, 0.2) is 30.6 Å². The summed E-state index contributed by atoms with van der Waals surface area (Å²) in [6.45, 7) is 0.353. The highest BCUT2D eigenvalue weighted by Crippen LogP contribution is 2.39. The first kappa shape index (κ1) is 20.6. The number of nitrogens with zero attached hydrogens (tertiary/aromatic N) is 3. The number of nitrogens with one attached hydrogen (secondary N) is 1. The molecule has 0 aliphatic heterocycles. The van der Waals surface area contributed by atoms with E-state index in [1.54, 1.807) is 38.6 Å². The second-order valence-electron chi connectivity index (χ2n) is 7.01. The Labute approximate surface area is 173 Å². The molecule has 0 saturated heterocycles. The summed E-state index contributed by atoms with van der Waals surface area (Å²) in [4.78, 5) is 30.4. The van der Waals surface area contributed by atoms with Crippen LogP contribution in [0.3, 0.4) is 0 Å². The molecule has 1 aliphatic rings. The molecule has 0 saturated carbocycles. The fourth-order valence-electron chi connectivity index (χ4n) is 3.12. The summed E-state index contributed by atoms with van der Waals surface area (Å²) in [7, 11) is 3.30.